The number of aryl methyl sites for hydroxylation is 1. The minimum absolute atomic E-state index is 0.359. The number of rotatable bonds is 3. The third-order valence-electron chi connectivity index (χ3n) is 3.08. The maximum absolute atomic E-state index is 5.91. The lowest BCUT2D eigenvalue weighted by Gasteiger charge is -2.21. The first kappa shape index (κ1) is 11.0. The molecule has 0 radical (unpaired) electrons. The van der Waals surface area contributed by atoms with E-state index in [9.17, 15) is 0 Å². The van der Waals surface area contributed by atoms with Crippen molar-refractivity contribution in [1.29, 1.82) is 0 Å². The fourth-order valence-corrected chi connectivity index (χ4v) is 2.95. The standard InChI is InChI=1S/C11H19N3S/c1-3-10-6-13-11(15-10)8(2)14-5-4-9(12)7-14/h6,8-9H,3-5,7,12H2,1-2H3. The van der Waals surface area contributed by atoms with Crippen LogP contribution in [0.25, 0.3) is 0 Å². The normalized spacial score (nSPS) is 24.6. The molecule has 2 N–H and O–H groups in total. The van der Waals surface area contributed by atoms with Gasteiger partial charge in [-0.1, -0.05) is 6.92 Å². The Morgan fingerprint density at radius 2 is 2.53 bits per heavy atom. The van der Waals surface area contributed by atoms with Gasteiger partial charge in [-0.3, -0.25) is 4.90 Å². The minimum Gasteiger partial charge on any atom is -0.326 e. The van der Waals surface area contributed by atoms with Crippen molar-refractivity contribution in [3.05, 3.63) is 16.1 Å². The third kappa shape index (κ3) is 2.38. The van der Waals surface area contributed by atoms with E-state index in [4.69, 9.17) is 5.73 Å². The molecular formula is C11H19N3S. The molecule has 0 saturated carbocycles. The minimum atomic E-state index is 0.359. The van der Waals surface area contributed by atoms with Crippen LogP contribution in [0, 0.1) is 0 Å². The monoisotopic (exact) mass is 225 g/mol. The number of hydrogen-bond donors (Lipinski definition) is 1. The van der Waals surface area contributed by atoms with Crippen LogP contribution in [0.4, 0.5) is 0 Å². The van der Waals surface area contributed by atoms with Gasteiger partial charge in [-0.15, -0.1) is 11.3 Å². The Morgan fingerprint density at radius 1 is 1.73 bits per heavy atom. The molecule has 15 heavy (non-hydrogen) atoms. The Bertz CT molecular complexity index is 323. The first-order valence-electron chi connectivity index (χ1n) is 5.65. The van der Waals surface area contributed by atoms with Crippen molar-refractivity contribution < 1.29 is 0 Å². The molecule has 1 aromatic heterocycles. The highest BCUT2D eigenvalue weighted by atomic mass is 32.1. The second-order valence-corrected chi connectivity index (χ2v) is 5.38. The fourth-order valence-electron chi connectivity index (χ4n) is 2.00. The average molecular weight is 225 g/mol. The predicted molar refractivity (Wildman–Crippen MR) is 64.1 cm³/mol. The molecule has 0 spiro atoms. The summed E-state index contributed by atoms with van der Waals surface area (Å²) in [6.07, 6.45) is 4.22. The molecule has 3 nitrogen and oxygen atoms in total. The number of thiazole rings is 1. The zero-order valence-corrected chi connectivity index (χ0v) is 10.3. The van der Waals surface area contributed by atoms with Crippen molar-refractivity contribution in [2.45, 2.75) is 38.8 Å². The number of aromatic nitrogens is 1. The summed E-state index contributed by atoms with van der Waals surface area (Å²) in [7, 11) is 0. The van der Waals surface area contributed by atoms with Gasteiger partial charge in [0.2, 0.25) is 0 Å². The van der Waals surface area contributed by atoms with Crippen LogP contribution < -0.4 is 5.73 Å². The zero-order chi connectivity index (χ0) is 10.8. The summed E-state index contributed by atoms with van der Waals surface area (Å²) in [4.78, 5) is 8.30. The van der Waals surface area contributed by atoms with Gasteiger partial charge in [-0.05, 0) is 19.8 Å². The Morgan fingerprint density at radius 3 is 3.07 bits per heavy atom. The van der Waals surface area contributed by atoms with E-state index in [1.165, 1.54) is 9.88 Å². The summed E-state index contributed by atoms with van der Waals surface area (Å²) < 4.78 is 0. The summed E-state index contributed by atoms with van der Waals surface area (Å²) >= 11 is 1.84. The highest BCUT2D eigenvalue weighted by Gasteiger charge is 2.25. The quantitative estimate of drug-likeness (QED) is 0.853. The Hall–Kier alpha value is -0.450. The van der Waals surface area contributed by atoms with Crippen LogP contribution in [0.15, 0.2) is 6.20 Å². The van der Waals surface area contributed by atoms with E-state index < -0.39 is 0 Å². The molecular weight excluding hydrogens is 206 g/mol. The smallest absolute Gasteiger partial charge is 0.110 e. The lowest BCUT2D eigenvalue weighted by Crippen LogP contribution is -2.28. The van der Waals surface area contributed by atoms with Crippen molar-refractivity contribution >= 4 is 11.3 Å². The molecule has 0 aromatic carbocycles. The summed E-state index contributed by atoms with van der Waals surface area (Å²) in [5.74, 6) is 0. The summed E-state index contributed by atoms with van der Waals surface area (Å²) in [6.45, 7) is 6.54. The number of likely N-dealkylation sites (tertiary alicyclic amines) is 1. The Labute approximate surface area is 95.3 Å². The van der Waals surface area contributed by atoms with E-state index in [0.717, 1.165) is 25.9 Å². The molecule has 2 rings (SSSR count). The van der Waals surface area contributed by atoms with Gasteiger partial charge in [0.25, 0.3) is 0 Å². The van der Waals surface area contributed by atoms with Crippen molar-refractivity contribution in [3.8, 4) is 0 Å². The molecule has 2 heterocycles. The van der Waals surface area contributed by atoms with E-state index in [0.29, 0.717) is 12.1 Å². The molecule has 1 saturated heterocycles. The van der Waals surface area contributed by atoms with E-state index in [1.807, 2.05) is 17.5 Å². The van der Waals surface area contributed by atoms with E-state index in [-0.39, 0.29) is 0 Å². The first-order valence-corrected chi connectivity index (χ1v) is 6.46. The molecule has 2 unspecified atom stereocenters. The maximum atomic E-state index is 5.91. The van der Waals surface area contributed by atoms with Crippen LogP contribution in [0.2, 0.25) is 0 Å². The Balaban J connectivity index is 2.03. The molecule has 0 bridgehead atoms. The number of nitrogens with zero attached hydrogens (tertiary/aromatic N) is 2. The van der Waals surface area contributed by atoms with Gasteiger partial charge in [0.05, 0.1) is 6.04 Å². The molecule has 2 atom stereocenters. The van der Waals surface area contributed by atoms with Gasteiger partial charge in [0.15, 0.2) is 0 Å². The second kappa shape index (κ2) is 4.60. The van der Waals surface area contributed by atoms with E-state index >= 15 is 0 Å². The summed E-state index contributed by atoms with van der Waals surface area (Å²) in [5.41, 5.74) is 5.91. The fraction of sp³-hybridized carbons (Fsp3) is 0.727. The highest BCUT2D eigenvalue weighted by Crippen LogP contribution is 2.27. The number of hydrogen-bond acceptors (Lipinski definition) is 4. The van der Waals surface area contributed by atoms with Crippen LogP contribution in [0.3, 0.4) is 0 Å². The molecule has 84 valence electrons. The van der Waals surface area contributed by atoms with Gasteiger partial charge in [-0.25, -0.2) is 4.98 Å². The van der Waals surface area contributed by atoms with Crippen LogP contribution in [0.5, 0.6) is 0 Å². The molecule has 0 amide bonds. The molecule has 1 fully saturated rings. The zero-order valence-electron chi connectivity index (χ0n) is 9.44. The molecule has 0 aliphatic carbocycles. The highest BCUT2D eigenvalue weighted by molar-refractivity contribution is 7.11. The summed E-state index contributed by atoms with van der Waals surface area (Å²) in [6, 6.07) is 0.793. The van der Waals surface area contributed by atoms with Crippen LogP contribution in [-0.4, -0.2) is 29.0 Å². The maximum Gasteiger partial charge on any atom is 0.110 e. The van der Waals surface area contributed by atoms with Crippen molar-refractivity contribution in [2.24, 2.45) is 5.73 Å². The second-order valence-electron chi connectivity index (χ2n) is 4.24. The molecule has 1 aromatic rings. The van der Waals surface area contributed by atoms with Crippen molar-refractivity contribution in [3.63, 3.8) is 0 Å². The molecule has 1 aliphatic rings. The lowest BCUT2D eigenvalue weighted by molar-refractivity contribution is 0.259. The SMILES string of the molecule is CCc1cnc(C(C)N2CCC(N)C2)s1. The van der Waals surface area contributed by atoms with Crippen molar-refractivity contribution in [1.82, 2.24) is 9.88 Å². The van der Waals surface area contributed by atoms with E-state index in [2.05, 4.69) is 23.7 Å². The topological polar surface area (TPSA) is 42.2 Å². The Kier molecular flexibility index (Phi) is 3.38. The van der Waals surface area contributed by atoms with Crippen molar-refractivity contribution in [2.75, 3.05) is 13.1 Å². The molecule has 1 aliphatic heterocycles. The summed E-state index contributed by atoms with van der Waals surface area (Å²) in [5, 5.41) is 1.24. The van der Waals surface area contributed by atoms with Crippen LogP contribution in [0.1, 0.15) is 36.2 Å². The van der Waals surface area contributed by atoms with Gasteiger partial charge in [0.1, 0.15) is 5.01 Å². The third-order valence-corrected chi connectivity index (χ3v) is 4.39. The van der Waals surface area contributed by atoms with Gasteiger partial charge in [0, 0.05) is 30.2 Å². The van der Waals surface area contributed by atoms with Gasteiger partial charge in [-0.2, -0.15) is 0 Å². The van der Waals surface area contributed by atoms with Gasteiger partial charge >= 0.3 is 0 Å². The molecule has 4 heteroatoms. The predicted octanol–water partition coefficient (Wildman–Crippen LogP) is 1.80. The number of nitrogens with two attached hydrogens (primary N) is 1. The lowest BCUT2D eigenvalue weighted by atomic mass is 10.3. The van der Waals surface area contributed by atoms with E-state index in [1.54, 1.807) is 0 Å². The largest absolute Gasteiger partial charge is 0.326 e. The van der Waals surface area contributed by atoms with Crippen LogP contribution in [-0.2, 0) is 6.42 Å². The average Bonchev–Trinajstić information content (AvgIpc) is 2.84. The van der Waals surface area contributed by atoms with Crippen LogP contribution >= 0.6 is 11.3 Å². The van der Waals surface area contributed by atoms with Gasteiger partial charge < -0.3 is 5.73 Å². The first-order chi connectivity index (χ1) is 7.20.